The highest BCUT2D eigenvalue weighted by molar-refractivity contribution is 6.30. The molecule has 0 saturated heterocycles. The largest absolute Gasteiger partial charge is 0.390 e. The van der Waals surface area contributed by atoms with E-state index in [1.165, 1.54) is 12.8 Å². The molecule has 0 aromatic heterocycles. The maximum Gasteiger partial charge on any atom is 0.225 e. The first-order valence-electron chi connectivity index (χ1n) is 8.94. The van der Waals surface area contributed by atoms with Gasteiger partial charge < -0.3 is 9.74 Å². The van der Waals surface area contributed by atoms with Gasteiger partial charge in [0.2, 0.25) is 5.91 Å². The highest BCUT2D eigenvalue weighted by Gasteiger charge is 2.31. The lowest BCUT2D eigenvalue weighted by atomic mass is 10.0. The second-order valence-electron chi connectivity index (χ2n) is 6.74. The van der Waals surface area contributed by atoms with E-state index in [2.05, 4.69) is 12.1 Å². The van der Waals surface area contributed by atoms with Gasteiger partial charge in [0, 0.05) is 23.9 Å². The van der Waals surface area contributed by atoms with Crippen molar-refractivity contribution in [3.63, 3.8) is 0 Å². The van der Waals surface area contributed by atoms with Gasteiger partial charge in [-0.05, 0) is 37.0 Å². The molecule has 0 bridgehead atoms. The normalized spacial score (nSPS) is 20.8. The maximum atomic E-state index is 12.7. The molecule has 1 aliphatic heterocycles. The van der Waals surface area contributed by atoms with Gasteiger partial charge in [0.15, 0.2) is 6.10 Å². The molecule has 1 aromatic rings. The molecule has 1 aromatic carbocycles. The SMILES string of the molecule is CCCN(C[C@H]1CC(c2ccc(Cl)cc2)=NO1)C(=O)C1CCCC1. The smallest absolute Gasteiger partial charge is 0.225 e. The zero-order chi connectivity index (χ0) is 16.9. The number of carbonyl (C=O) groups is 1. The molecule has 0 spiro atoms. The number of hydrogen-bond acceptors (Lipinski definition) is 3. The van der Waals surface area contributed by atoms with Crippen molar-refractivity contribution in [1.82, 2.24) is 4.90 Å². The van der Waals surface area contributed by atoms with Gasteiger partial charge in [-0.3, -0.25) is 4.79 Å². The van der Waals surface area contributed by atoms with Crippen LogP contribution in [0.25, 0.3) is 0 Å². The molecule has 2 aliphatic rings. The van der Waals surface area contributed by atoms with E-state index in [9.17, 15) is 4.79 Å². The number of rotatable bonds is 6. The van der Waals surface area contributed by atoms with Gasteiger partial charge in [0.1, 0.15) is 0 Å². The van der Waals surface area contributed by atoms with Crippen LogP contribution in [0.1, 0.15) is 51.0 Å². The van der Waals surface area contributed by atoms with Crippen molar-refractivity contribution in [2.45, 2.75) is 51.6 Å². The Bertz CT molecular complexity index is 594. The zero-order valence-corrected chi connectivity index (χ0v) is 15.0. The third-order valence-corrected chi connectivity index (χ3v) is 5.10. The first kappa shape index (κ1) is 17.3. The lowest BCUT2D eigenvalue weighted by molar-refractivity contribution is -0.137. The topological polar surface area (TPSA) is 41.9 Å². The predicted octanol–water partition coefficient (Wildman–Crippen LogP) is 4.26. The fourth-order valence-electron chi connectivity index (χ4n) is 3.58. The van der Waals surface area contributed by atoms with Crippen LogP contribution in [0.3, 0.4) is 0 Å². The minimum atomic E-state index is -0.0485. The molecule has 0 unspecified atom stereocenters. The number of hydrogen-bond donors (Lipinski definition) is 0. The van der Waals surface area contributed by atoms with Crippen molar-refractivity contribution in [2.24, 2.45) is 11.1 Å². The molecule has 5 heteroatoms. The number of carbonyl (C=O) groups excluding carboxylic acids is 1. The third kappa shape index (κ3) is 4.10. The molecule has 1 amide bonds. The van der Waals surface area contributed by atoms with Crippen molar-refractivity contribution < 1.29 is 9.63 Å². The van der Waals surface area contributed by atoms with E-state index in [1.54, 1.807) is 0 Å². The fraction of sp³-hybridized carbons (Fsp3) is 0.579. The zero-order valence-electron chi connectivity index (χ0n) is 14.2. The number of amides is 1. The lowest BCUT2D eigenvalue weighted by Gasteiger charge is -2.27. The number of oxime groups is 1. The van der Waals surface area contributed by atoms with Crippen LogP contribution < -0.4 is 0 Å². The summed E-state index contributed by atoms with van der Waals surface area (Å²) in [5.74, 6) is 0.521. The molecule has 1 aliphatic carbocycles. The summed E-state index contributed by atoms with van der Waals surface area (Å²) in [6, 6.07) is 7.64. The summed E-state index contributed by atoms with van der Waals surface area (Å²) < 4.78 is 0. The van der Waals surface area contributed by atoms with E-state index in [-0.39, 0.29) is 12.0 Å². The van der Waals surface area contributed by atoms with Crippen molar-refractivity contribution in [2.75, 3.05) is 13.1 Å². The van der Waals surface area contributed by atoms with E-state index in [1.807, 2.05) is 29.2 Å². The highest BCUT2D eigenvalue weighted by Crippen LogP contribution is 2.27. The van der Waals surface area contributed by atoms with Crippen LogP contribution in [-0.2, 0) is 9.63 Å². The standard InChI is InChI=1S/C19H25ClN2O2/c1-2-11-22(19(23)15-5-3-4-6-15)13-17-12-18(21-24-17)14-7-9-16(20)10-8-14/h7-10,15,17H,2-6,11-13H2,1H3/t17-/m1/s1. The Morgan fingerprint density at radius 1 is 1.29 bits per heavy atom. The van der Waals surface area contributed by atoms with Crippen LogP contribution in [-0.4, -0.2) is 35.7 Å². The molecular formula is C19H25ClN2O2. The summed E-state index contributed by atoms with van der Waals surface area (Å²) in [6.45, 7) is 3.54. The summed E-state index contributed by atoms with van der Waals surface area (Å²) in [4.78, 5) is 20.3. The van der Waals surface area contributed by atoms with Gasteiger partial charge >= 0.3 is 0 Å². The summed E-state index contributed by atoms with van der Waals surface area (Å²) in [5.41, 5.74) is 1.97. The number of benzene rings is 1. The van der Waals surface area contributed by atoms with Crippen LogP contribution in [0.5, 0.6) is 0 Å². The van der Waals surface area contributed by atoms with Crippen LogP contribution in [0.2, 0.25) is 5.02 Å². The van der Waals surface area contributed by atoms with Gasteiger partial charge in [0.05, 0.1) is 12.3 Å². The Morgan fingerprint density at radius 2 is 2.00 bits per heavy atom. The van der Waals surface area contributed by atoms with Crippen molar-refractivity contribution in [3.8, 4) is 0 Å². The number of halogens is 1. The van der Waals surface area contributed by atoms with E-state index in [0.29, 0.717) is 17.5 Å². The second-order valence-corrected chi connectivity index (χ2v) is 7.18. The van der Waals surface area contributed by atoms with Gasteiger partial charge in [-0.2, -0.15) is 0 Å². The van der Waals surface area contributed by atoms with E-state index in [4.69, 9.17) is 16.4 Å². The Balaban J connectivity index is 1.58. The first-order chi connectivity index (χ1) is 11.7. The Morgan fingerprint density at radius 3 is 2.67 bits per heavy atom. The maximum absolute atomic E-state index is 12.7. The molecule has 1 fully saturated rings. The van der Waals surface area contributed by atoms with Crippen LogP contribution >= 0.6 is 11.6 Å². The lowest BCUT2D eigenvalue weighted by Crippen LogP contribution is -2.41. The van der Waals surface area contributed by atoms with Crippen molar-refractivity contribution in [1.29, 1.82) is 0 Å². The second kappa shape index (κ2) is 8.02. The number of nitrogens with zero attached hydrogens (tertiary/aromatic N) is 2. The Kier molecular flexibility index (Phi) is 5.77. The van der Waals surface area contributed by atoms with Gasteiger partial charge in [0.25, 0.3) is 0 Å². The van der Waals surface area contributed by atoms with E-state index >= 15 is 0 Å². The molecular weight excluding hydrogens is 324 g/mol. The minimum Gasteiger partial charge on any atom is -0.390 e. The summed E-state index contributed by atoms with van der Waals surface area (Å²) in [5, 5.41) is 4.94. The van der Waals surface area contributed by atoms with Crippen molar-refractivity contribution >= 4 is 23.2 Å². The summed E-state index contributed by atoms with van der Waals surface area (Å²) in [6.07, 6.45) is 6.09. The first-order valence-corrected chi connectivity index (χ1v) is 9.32. The minimum absolute atomic E-state index is 0.0485. The van der Waals surface area contributed by atoms with Crippen LogP contribution in [0, 0.1) is 5.92 Å². The molecule has 3 rings (SSSR count). The van der Waals surface area contributed by atoms with Gasteiger partial charge in [-0.25, -0.2) is 0 Å². The quantitative estimate of drug-likeness (QED) is 0.770. The van der Waals surface area contributed by atoms with Crippen LogP contribution in [0.4, 0.5) is 0 Å². The molecule has 4 nitrogen and oxygen atoms in total. The molecule has 0 radical (unpaired) electrons. The monoisotopic (exact) mass is 348 g/mol. The Labute approximate surface area is 148 Å². The summed E-state index contributed by atoms with van der Waals surface area (Å²) in [7, 11) is 0. The third-order valence-electron chi connectivity index (χ3n) is 4.84. The average molecular weight is 349 g/mol. The highest BCUT2D eigenvalue weighted by atomic mass is 35.5. The molecule has 0 N–H and O–H groups in total. The summed E-state index contributed by atoms with van der Waals surface area (Å²) >= 11 is 5.93. The Hall–Kier alpha value is -1.55. The van der Waals surface area contributed by atoms with Gasteiger partial charge in [-0.15, -0.1) is 0 Å². The molecule has 1 saturated carbocycles. The fourth-order valence-corrected chi connectivity index (χ4v) is 3.70. The van der Waals surface area contributed by atoms with Crippen molar-refractivity contribution in [3.05, 3.63) is 34.9 Å². The average Bonchev–Trinajstić information content (AvgIpc) is 3.26. The molecule has 130 valence electrons. The molecule has 1 atom stereocenters. The molecule has 1 heterocycles. The van der Waals surface area contributed by atoms with Crippen LogP contribution in [0.15, 0.2) is 29.4 Å². The molecule has 24 heavy (non-hydrogen) atoms. The van der Waals surface area contributed by atoms with Gasteiger partial charge in [-0.1, -0.05) is 48.7 Å². The van der Waals surface area contributed by atoms with E-state index < -0.39 is 0 Å². The van der Waals surface area contributed by atoms with E-state index in [0.717, 1.165) is 43.5 Å². The predicted molar refractivity (Wildman–Crippen MR) is 96.3 cm³/mol.